The maximum absolute atomic E-state index is 12.3. The maximum Gasteiger partial charge on any atom is 0.446 e. The molecule has 0 aliphatic carbocycles. The third-order valence-electron chi connectivity index (χ3n) is 1.81. The molecule has 0 aliphatic heterocycles. The fraction of sp³-hybridized carbons (Fsp3) is 0.300. The SMILES string of the molecule is O=C(CCBr)c1cccc(Cl)c1SC(F)(F)F. The fourth-order valence-electron chi connectivity index (χ4n) is 1.17. The monoisotopic (exact) mass is 346 g/mol. The van der Waals surface area contributed by atoms with Gasteiger partial charge in [-0.05, 0) is 17.8 Å². The average molecular weight is 348 g/mol. The molecule has 0 amide bonds. The Morgan fingerprint density at radius 1 is 1.41 bits per heavy atom. The highest BCUT2D eigenvalue weighted by atomic mass is 79.9. The molecule has 0 fully saturated rings. The van der Waals surface area contributed by atoms with Crippen LogP contribution in [0.4, 0.5) is 13.2 Å². The molecule has 0 saturated carbocycles. The van der Waals surface area contributed by atoms with Crippen LogP contribution in [0.2, 0.25) is 5.02 Å². The van der Waals surface area contributed by atoms with Gasteiger partial charge in [0.2, 0.25) is 0 Å². The molecular formula is C10H7BrClF3OS. The number of Topliss-reactive ketones (excluding diaryl/α,β-unsaturated/α-hetero) is 1. The van der Waals surface area contributed by atoms with E-state index in [2.05, 4.69) is 15.9 Å². The number of hydrogen-bond donors (Lipinski definition) is 0. The molecule has 0 spiro atoms. The minimum atomic E-state index is -4.46. The van der Waals surface area contributed by atoms with Crippen LogP contribution >= 0.6 is 39.3 Å². The number of carbonyl (C=O) groups is 1. The zero-order valence-electron chi connectivity index (χ0n) is 8.35. The summed E-state index contributed by atoms with van der Waals surface area (Å²) < 4.78 is 37.0. The van der Waals surface area contributed by atoms with Gasteiger partial charge in [-0.1, -0.05) is 39.7 Å². The van der Waals surface area contributed by atoms with E-state index in [-0.39, 0.29) is 39.4 Å². The van der Waals surface area contributed by atoms with Crippen LogP contribution in [-0.4, -0.2) is 16.6 Å². The second-order valence-electron chi connectivity index (χ2n) is 3.03. The number of rotatable bonds is 4. The van der Waals surface area contributed by atoms with Crippen LogP contribution in [0.3, 0.4) is 0 Å². The van der Waals surface area contributed by atoms with Crippen LogP contribution in [0.15, 0.2) is 23.1 Å². The lowest BCUT2D eigenvalue weighted by Gasteiger charge is -2.11. The van der Waals surface area contributed by atoms with E-state index in [1.54, 1.807) is 0 Å². The van der Waals surface area contributed by atoms with E-state index in [9.17, 15) is 18.0 Å². The van der Waals surface area contributed by atoms with E-state index >= 15 is 0 Å². The number of ketones is 1. The predicted molar refractivity (Wildman–Crippen MR) is 66.1 cm³/mol. The van der Waals surface area contributed by atoms with E-state index in [1.807, 2.05) is 0 Å². The molecule has 0 aliphatic rings. The molecule has 0 bridgehead atoms. The number of halogens is 5. The summed E-state index contributed by atoms with van der Waals surface area (Å²) in [7, 11) is 0. The third kappa shape index (κ3) is 4.52. The molecule has 0 saturated heterocycles. The van der Waals surface area contributed by atoms with Crippen molar-refractivity contribution in [3.05, 3.63) is 28.8 Å². The Hall–Kier alpha value is -0.200. The summed E-state index contributed by atoms with van der Waals surface area (Å²) in [5, 5.41) is 0.335. The lowest BCUT2D eigenvalue weighted by Crippen LogP contribution is -2.06. The topological polar surface area (TPSA) is 17.1 Å². The molecule has 0 heterocycles. The Morgan fingerprint density at radius 3 is 2.59 bits per heavy atom. The van der Waals surface area contributed by atoms with Gasteiger partial charge in [0.1, 0.15) is 0 Å². The molecule has 0 atom stereocenters. The molecule has 7 heteroatoms. The lowest BCUT2D eigenvalue weighted by atomic mass is 10.1. The van der Waals surface area contributed by atoms with Gasteiger partial charge in [-0.25, -0.2) is 0 Å². The largest absolute Gasteiger partial charge is 0.446 e. The molecule has 94 valence electrons. The first-order valence-electron chi connectivity index (χ1n) is 4.48. The summed E-state index contributed by atoms with van der Waals surface area (Å²) in [6.45, 7) is 0. The molecule has 0 N–H and O–H groups in total. The van der Waals surface area contributed by atoms with Crippen LogP contribution in [0.25, 0.3) is 0 Å². The summed E-state index contributed by atoms with van der Waals surface area (Å²) in [5.41, 5.74) is -4.45. The van der Waals surface area contributed by atoms with Crippen molar-refractivity contribution in [2.45, 2.75) is 16.8 Å². The Morgan fingerprint density at radius 2 is 2.06 bits per heavy atom. The Labute approximate surface area is 114 Å². The minimum Gasteiger partial charge on any atom is -0.294 e. The predicted octanol–water partition coefficient (Wildman–Crippen LogP) is 4.92. The zero-order chi connectivity index (χ0) is 13.1. The Balaban J connectivity index is 3.13. The van der Waals surface area contributed by atoms with Crippen LogP contribution in [0.1, 0.15) is 16.8 Å². The van der Waals surface area contributed by atoms with E-state index in [1.165, 1.54) is 18.2 Å². The maximum atomic E-state index is 12.3. The summed E-state index contributed by atoms with van der Waals surface area (Å²) in [4.78, 5) is 11.4. The second-order valence-corrected chi connectivity index (χ2v) is 5.30. The fourth-order valence-corrected chi connectivity index (χ4v) is 2.51. The molecular weight excluding hydrogens is 341 g/mol. The molecule has 17 heavy (non-hydrogen) atoms. The zero-order valence-corrected chi connectivity index (χ0v) is 11.5. The van der Waals surface area contributed by atoms with Crippen molar-refractivity contribution in [2.24, 2.45) is 0 Å². The van der Waals surface area contributed by atoms with E-state index < -0.39 is 5.51 Å². The van der Waals surface area contributed by atoms with E-state index in [0.717, 1.165) is 0 Å². The summed E-state index contributed by atoms with van der Waals surface area (Å²) in [5.74, 6) is -0.365. The molecule has 1 rings (SSSR count). The summed E-state index contributed by atoms with van der Waals surface area (Å²) in [6.07, 6.45) is 0.131. The normalized spacial score (nSPS) is 11.6. The van der Waals surface area contributed by atoms with Crippen molar-refractivity contribution in [2.75, 3.05) is 5.33 Å². The van der Waals surface area contributed by atoms with Crippen molar-refractivity contribution in [1.29, 1.82) is 0 Å². The standard InChI is InChI=1S/C10H7BrClF3OS/c11-5-4-8(16)6-2-1-3-7(12)9(6)17-10(13,14)15/h1-3H,4-5H2. The van der Waals surface area contributed by atoms with Crippen LogP contribution in [0.5, 0.6) is 0 Å². The molecule has 0 radical (unpaired) electrons. The molecule has 1 aromatic carbocycles. The number of hydrogen-bond acceptors (Lipinski definition) is 2. The van der Waals surface area contributed by atoms with Gasteiger partial charge in [0.25, 0.3) is 0 Å². The van der Waals surface area contributed by atoms with E-state index in [4.69, 9.17) is 11.6 Å². The quantitative estimate of drug-likeness (QED) is 0.437. The summed E-state index contributed by atoms with van der Waals surface area (Å²) in [6, 6.07) is 4.15. The van der Waals surface area contributed by atoms with Crippen molar-refractivity contribution in [1.82, 2.24) is 0 Å². The van der Waals surface area contributed by atoms with Gasteiger partial charge in [-0.15, -0.1) is 0 Å². The van der Waals surface area contributed by atoms with Crippen molar-refractivity contribution < 1.29 is 18.0 Å². The van der Waals surface area contributed by atoms with Crippen LogP contribution in [-0.2, 0) is 0 Å². The average Bonchev–Trinajstić information content (AvgIpc) is 2.19. The lowest BCUT2D eigenvalue weighted by molar-refractivity contribution is -0.0328. The van der Waals surface area contributed by atoms with Gasteiger partial charge in [0, 0.05) is 22.2 Å². The molecule has 0 aromatic heterocycles. The van der Waals surface area contributed by atoms with Crippen molar-refractivity contribution in [3.8, 4) is 0 Å². The summed E-state index contributed by atoms with van der Waals surface area (Å²) >= 11 is 8.40. The first-order valence-corrected chi connectivity index (χ1v) is 6.80. The number of benzene rings is 1. The molecule has 1 aromatic rings. The molecule has 1 nitrogen and oxygen atoms in total. The number of carbonyl (C=O) groups excluding carboxylic acids is 1. The van der Waals surface area contributed by atoms with Gasteiger partial charge < -0.3 is 0 Å². The van der Waals surface area contributed by atoms with Gasteiger partial charge in [0.15, 0.2) is 5.78 Å². The van der Waals surface area contributed by atoms with Crippen molar-refractivity contribution >= 4 is 45.1 Å². The highest BCUT2D eigenvalue weighted by Gasteiger charge is 2.32. The highest BCUT2D eigenvalue weighted by molar-refractivity contribution is 9.09. The van der Waals surface area contributed by atoms with E-state index in [0.29, 0.717) is 5.33 Å². The highest BCUT2D eigenvalue weighted by Crippen LogP contribution is 2.42. The van der Waals surface area contributed by atoms with Gasteiger partial charge in [-0.2, -0.15) is 13.2 Å². The van der Waals surface area contributed by atoms with Gasteiger partial charge >= 0.3 is 5.51 Å². The third-order valence-corrected chi connectivity index (χ3v) is 3.51. The number of alkyl halides is 4. The minimum absolute atomic E-state index is 0.0132. The van der Waals surface area contributed by atoms with Crippen LogP contribution in [0, 0.1) is 0 Å². The Kier molecular flexibility index (Phi) is 5.34. The first-order chi connectivity index (χ1) is 7.85. The molecule has 0 unspecified atom stereocenters. The number of thioether (sulfide) groups is 1. The van der Waals surface area contributed by atoms with Crippen molar-refractivity contribution in [3.63, 3.8) is 0 Å². The van der Waals surface area contributed by atoms with Gasteiger partial charge in [0.05, 0.1) is 5.02 Å². The first kappa shape index (κ1) is 14.9. The second kappa shape index (κ2) is 6.11. The smallest absolute Gasteiger partial charge is 0.294 e. The Bertz CT molecular complexity index is 423. The van der Waals surface area contributed by atoms with Crippen LogP contribution < -0.4 is 0 Å². The van der Waals surface area contributed by atoms with Gasteiger partial charge in [-0.3, -0.25) is 4.79 Å².